The first kappa shape index (κ1) is 12.3. The fraction of sp³-hybridized carbons (Fsp3) is 0.222. The quantitative estimate of drug-likeness (QED) is 0.515. The summed E-state index contributed by atoms with van der Waals surface area (Å²) in [5.41, 5.74) is 17.4. The van der Waals surface area contributed by atoms with E-state index >= 15 is 0 Å². The second-order valence-electron chi connectivity index (χ2n) is 3.47. The fourth-order valence-electron chi connectivity index (χ4n) is 1.28. The minimum Gasteiger partial charge on any atom is -0.384 e. The molecule has 0 bridgehead atoms. The van der Waals surface area contributed by atoms with E-state index in [9.17, 15) is 0 Å². The van der Waals surface area contributed by atoms with Crippen LogP contribution in [-0.4, -0.2) is 24.9 Å². The number of nitrogens with two attached hydrogens (primary N) is 3. The van der Waals surface area contributed by atoms with Gasteiger partial charge in [0.15, 0.2) is 5.16 Å². The Morgan fingerprint density at radius 2 is 1.67 bits per heavy atom. The first-order valence-corrected chi connectivity index (χ1v) is 6.01. The van der Waals surface area contributed by atoms with Crippen LogP contribution in [0.1, 0.15) is 11.5 Å². The van der Waals surface area contributed by atoms with E-state index in [0.29, 0.717) is 22.6 Å². The van der Waals surface area contributed by atoms with Crippen molar-refractivity contribution in [2.75, 3.05) is 17.2 Å². The molecule has 2 heterocycles. The molecule has 2 aromatic rings. The van der Waals surface area contributed by atoms with Crippen molar-refractivity contribution in [3.05, 3.63) is 17.6 Å². The van der Waals surface area contributed by atoms with Crippen molar-refractivity contribution in [2.24, 2.45) is 0 Å². The molecular formula is C9H12N8S. The molecule has 0 unspecified atom stereocenters. The SMILES string of the molecule is Cc1cc(N)nc(SCc2nc(N)nc(N)n2)n1. The molecule has 0 aliphatic rings. The van der Waals surface area contributed by atoms with Gasteiger partial charge in [-0.05, 0) is 6.92 Å². The van der Waals surface area contributed by atoms with Crippen LogP contribution in [0.3, 0.4) is 0 Å². The lowest BCUT2D eigenvalue weighted by atomic mass is 10.4. The summed E-state index contributed by atoms with van der Waals surface area (Å²) in [6.07, 6.45) is 0. The molecule has 6 N–H and O–H groups in total. The Kier molecular flexibility index (Phi) is 3.42. The van der Waals surface area contributed by atoms with Crippen LogP contribution in [0.25, 0.3) is 0 Å². The summed E-state index contributed by atoms with van der Waals surface area (Å²) in [5, 5.41) is 0.560. The molecule has 2 rings (SSSR count). The van der Waals surface area contributed by atoms with Crippen molar-refractivity contribution in [1.82, 2.24) is 24.9 Å². The standard InChI is InChI=1S/C9H12N8S/c1-4-2-5(10)14-9(13-4)18-3-6-15-7(11)17-8(12)16-6/h2H,3H2,1H3,(H2,10,13,14)(H4,11,12,15,16,17). The van der Waals surface area contributed by atoms with Crippen LogP contribution in [0, 0.1) is 6.92 Å². The lowest BCUT2D eigenvalue weighted by Gasteiger charge is -2.03. The molecule has 0 radical (unpaired) electrons. The van der Waals surface area contributed by atoms with Crippen LogP contribution in [0.2, 0.25) is 0 Å². The van der Waals surface area contributed by atoms with E-state index in [1.54, 1.807) is 6.07 Å². The van der Waals surface area contributed by atoms with E-state index in [0.717, 1.165) is 5.69 Å². The van der Waals surface area contributed by atoms with Crippen molar-refractivity contribution in [3.8, 4) is 0 Å². The number of nitrogens with zero attached hydrogens (tertiary/aromatic N) is 5. The van der Waals surface area contributed by atoms with Gasteiger partial charge in [0, 0.05) is 11.8 Å². The van der Waals surface area contributed by atoms with Gasteiger partial charge < -0.3 is 17.2 Å². The monoisotopic (exact) mass is 264 g/mol. The van der Waals surface area contributed by atoms with Gasteiger partial charge in [0.25, 0.3) is 0 Å². The number of aryl methyl sites for hydroxylation is 1. The number of hydrogen-bond acceptors (Lipinski definition) is 9. The van der Waals surface area contributed by atoms with Crippen molar-refractivity contribution in [2.45, 2.75) is 17.8 Å². The lowest BCUT2D eigenvalue weighted by Crippen LogP contribution is -2.06. The first-order valence-electron chi connectivity index (χ1n) is 5.03. The average molecular weight is 264 g/mol. The van der Waals surface area contributed by atoms with Gasteiger partial charge in [-0.15, -0.1) is 0 Å². The third-order valence-corrected chi connectivity index (χ3v) is 2.74. The molecule has 0 fully saturated rings. The van der Waals surface area contributed by atoms with Crippen LogP contribution in [0.15, 0.2) is 11.2 Å². The zero-order valence-corrected chi connectivity index (χ0v) is 10.5. The number of nitrogen functional groups attached to an aromatic ring is 3. The second kappa shape index (κ2) is 5.00. The van der Waals surface area contributed by atoms with Crippen LogP contribution in [-0.2, 0) is 5.75 Å². The Balaban J connectivity index is 2.11. The number of anilines is 3. The second-order valence-corrected chi connectivity index (χ2v) is 4.42. The Morgan fingerprint density at radius 1 is 1.00 bits per heavy atom. The maximum atomic E-state index is 5.63. The molecule has 8 nitrogen and oxygen atoms in total. The number of rotatable bonds is 3. The van der Waals surface area contributed by atoms with E-state index in [2.05, 4.69) is 24.9 Å². The minimum atomic E-state index is 0.0998. The molecule has 2 aromatic heterocycles. The summed E-state index contributed by atoms with van der Waals surface area (Å²) in [7, 11) is 0. The topological polar surface area (TPSA) is 143 Å². The Bertz CT molecular complexity index is 480. The van der Waals surface area contributed by atoms with Gasteiger partial charge in [0.1, 0.15) is 11.6 Å². The van der Waals surface area contributed by atoms with Gasteiger partial charge in [0.05, 0.1) is 5.75 Å². The van der Waals surface area contributed by atoms with Crippen LogP contribution in [0.5, 0.6) is 0 Å². The molecule has 0 amide bonds. The molecule has 9 heteroatoms. The summed E-state index contributed by atoms with van der Waals surface area (Å²) in [6.45, 7) is 1.85. The van der Waals surface area contributed by atoms with Crippen LogP contribution in [0.4, 0.5) is 17.7 Å². The predicted octanol–water partition coefficient (Wildman–Crippen LogP) is 0.00892. The van der Waals surface area contributed by atoms with Crippen molar-refractivity contribution >= 4 is 29.5 Å². The van der Waals surface area contributed by atoms with E-state index in [4.69, 9.17) is 17.2 Å². The van der Waals surface area contributed by atoms with E-state index in [1.165, 1.54) is 11.8 Å². The maximum Gasteiger partial charge on any atom is 0.225 e. The largest absolute Gasteiger partial charge is 0.384 e. The highest BCUT2D eigenvalue weighted by Crippen LogP contribution is 2.19. The smallest absolute Gasteiger partial charge is 0.225 e. The summed E-state index contributed by atoms with van der Waals surface area (Å²) in [4.78, 5) is 19.9. The average Bonchev–Trinajstić information content (AvgIpc) is 2.23. The number of hydrogen-bond donors (Lipinski definition) is 3. The summed E-state index contributed by atoms with van der Waals surface area (Å²) < 4.78 is 0. The molecule has 0 aromatic carbocycles. The highest BCUT2D eigenvalue weighted by molar-refractivity contribution is 7.98. The number of aromatic nitrogens is 5. The third-order valence-electron chi connectivity index (χ3n) is 1.90. The summed E-state index contributed by atoms with van der Waals surface area (Å²) in [6, 6.07) is 1.70. The zero-order chi connectivity index (χ0) is 13.1. The maximum absolute atomic E-state index is 5.63. The molecule has 18 heavy (non-hydrogen) atoms. The minimum absolute atomic E-state index is 0.0998. The Labute approximate surface area is 107 Å². The van der Waals surface area contributed by atoms with Crippen LogP contribution >= 0.6 is 11.8 Å². The van der Waals surface area contributed by atoms with Gasteiger partial charge in [-0.25, -0.2) is 9.97 Å². The summed E-state index contributed by atoms with van der Waals surface area (Å²) >= 11 is 1.35. The van der Waals surface area contributed by atoms with E-state index in [1.807, 2.05) is 6.92 Å². The fourth-order valence-corrected chi connectivity index (χ4v) is 2.05. The molecule has 0 aliphatic carbocycles. The number of thioether (sulfide) groups is 1. The first-order chi connectivity index (χ1) is 8.52. The predicted molar refractivity (Wildman–Crippen MR) is 69.4 cm³/mol. The van der Waals surface area contributed by atoms with E-state index < -0.39 is 0 Å². The van der Waals surface area contributed by atoms with Crippen molar-refractivity contribution in [3.63, 3.8) is 0 Å². The van der Waals surface area contributed by atoms with Gasteiger partial charge in [0.2, 0.25) is 11.9 Å². The molecule has 0 saturated carbocycles. The van der Waals surface area contributed by atoms with Gasteiger partial charge >= 0.3 is 0 Å². The Hall–Kier alpha value is -2.16. The van der Waals surface area contributed by atoms with Gasteiger partial charge in [-0.3, -0.25) is 0 Å². The summed E-state index contributed by atoms with van der Waals surface area (Å²) in [5.74, 6) is 1.55. The normalized spacial score (nSPS) is 10.5. The van der Waals surface area contributed by atoms with Crippen LogP contribution < -0.4 is 17.2 Å². The molecular weight excluding hydrogens is 252 g/mol. The highest BCUT2D eigenvalue weighted by Gasteiger charge is 2.06. The highest BCUT2D eigenvalue weighted by atomic mass is 32.2. The molecule has 0 aliphatic heterocycles. The van der Waals surface area contributed by atoms with Crippen molar-refractivity contribution in [1.29, 1.82) is 0 Å². The zero-order valence-electron chi connectivity index (χ0n) is 9.66. The molecule has 94 valence electrons. The van der Waals surface area contributed by atoms with Gasteiger partial charge in [-0.1, -0.05) is 11.8 Å². The molecule has 0 saturated heterocycles. The van der Waals surface area contributed by atoms with Crippen molar-refractivity contribution < 1.29 is 0 Å². The Morgan fingerprint density at radius 3 is 2.28 bits per heavy atom. The third kappa shape index (κ3) is 3.17. The molecule has 0 atom stereocenters. The lowest BCUT2D eigenvalue weighted by molar-refractivity contribution is 0.932. The van der Waals surface area contributed by atoms with Gasteiger partial charge in [-0.2, -0.15) is 15.0 Å². The molecule has 0 spiro atoms. The van der Waals surface area contributed by atoms with E-state index in [-0.39, 0.29) is 11.9 Å².